The van der Waals surface area contributed by atoms with E-state index >= 15 is 0 Å². The monoisotopic (exact) mass is 371 g/mol. The molecule has 0 aliphatic carbocycles. The Morgan fingerprint density at radius 1 is 1.38 bits per heavy atom. The Kier molecular flexibility index (Phi) is 5.39. The van der Waals surface area contributed by atoms with Crippen LogP contribution in [0.15, 0.2) is 0 Å². The molecule has 10 nitrogen and oxygen atoms in total. The molecule has 8 N–H and O–H groups in total. The molecule has 4 saturated heterocycles. The van der Waals surface area contributed by atoms with Crippen molar-refractivity contribution in [3.8, 4) is 0 Å². The molecule has 1 amide bonds. The maximum absolute atomic E-state index is 13.6. The third kappa shape index (κ3) is 3.58. The summed E-state index contributed by atoms with van der Waals surface area (Å²) in [5.74, 6) is -0.589. The van der Waals surface area contributed by atoms with Gasteiger partial charge in [0.25, 0.3) is 0 Å². The van der Waals surface area contributed by atoms with Crippen LogP contribution in [0.2, 0.25) is 0 Å². The topological polar surface area (TPSA) is 125 Å². The van der Waals surface area contributed by atoms with Crippen molar-refractivity contribution in [2.45, 2.75) is 50.1 Å². The van der Waals surface area contributed by atoms with Crippen molar-refractivity contribution in [3.63, 3.8) is 0 Å². The number of carbonyl (C=O) groups excluding carboxylic acids is 1. The lowest BCUT2D eigenvalue weighted by Gasteiger charge is -2.39. The molecule has 0 bridgehead atoms. The van der Waals surface area contributed by atoms with Gasteiger partial charge in [0.05, 0.1) is 18.9 Å². The number of hydrogen-bond acceptors (Lipinski definition) is 7. The smallest absolute Gasteiger partial charge is 0.230 e. The van der Waals surface area contributed by atoms with Crippen LogP contribution in [0.3, 0.4) is 0 Å². The second-order valence-electron chi connectivity index (χ2n) is 7.68. The molecule has 4 heterocycles. The molecule has 26 heavy (non-hydrogen) atoms. The van der Waals surface area contributed by atoms with E-state index in [9.17, 15) is 9.18 Å². The van der Waals surface area contributed by atoms with E-state index in [1.54, 1.807) is 0 Å². The average Bonchev–Trinajstić information content (AvgIpc) is 3.17. The number of carbonyl (C=O) groups is 1. The quantitative estimate of drug-likeness (QED) is 0.269. The van der Waals surface area contributed by atoms with E-state index in [4.69, 9.17) is 5.73 Å². The summed E-state index contributed by atoms with van der Waals surface area (Å²) in [5.41, 5.74) is 13.8. The van der Waals surface area contributed by atoms with Crippen molar-refractivity contribution in [3.05, 3.63) is 5.43 Å². The van der Waals surface area contributed by atoms with Crippen LogP contribution in [-0.4, -0.2) is 80.5 Å². The molecule has 4 fully saturated rings. The minimum Gasteiger partial charge on any atom is -0.436 e. The van der Waals surface area contributed by atoms with Crippen LogP contribution in [-0.2, 0) is 4.79 Å². The van der Waals surface area contributed by atoms with Gasteiger partial charge in [0.2, 0.25) is 5.91 Å². The summed E-state index contributed by atoms with van der Waals surface area (Å²) in [4.78, 5) is 13.0. The van der Waals surface area contributed by atoms with Crippen LogP contribution in [0.4, 0.5) is 4.39 Å². The molecule has 0 saturated carbocycles. The Morgan fingerprint density at radius 2 is 2.23 bits per heavy atom. The van der Waals surface area contributed by atoms with Crippen LogP contribution in [0, 0.1) is 5.92 Å². The summed E-state index contributed by atoms with van der Waals surface area (Å²) in [6.45, 7) is 4.96. The highest BCUT2D eigenvalue weighted by Crippen LogP contribution is 2.19. The Hall–Kier alpha value is -0.920. The van der Waals surface area contributed by atoms with Crippen molar-refractivity contribution in [2.75, 3.05) is 32.8 Å². The van der Waals surface area contributed by atoms with Gasteiger partial charge in [0.15, 0.2) is 6.17 Å². The zero-order valence-electron chi connectivity index (χ0n) is 15.0. The maximum Gasteiger partial charge on any atom is 0.230 e. The Balaban J connectivity index is 1.41. The number of nitrogens with two attached hydrogens (primary N) is 1. The third-order valence-corrected chi connectivity index (χ3v) is 5.79. The van der Waals surface area contributed by atoms with E-state index in [2.05, 4.69) is 44.1 Å². The number of quaternary nitrogens is 1. The lowest BCUT2D eigenvalue weighted by Crippen LogP contribution is -3.15. The predicted octanol–water partition coefficient (Wildman–Crippen LogP) is -4.10. The molecule has 0 aromatic rings. The summed E-state index contributed by atoms with van der Waals surface area (Å²) in [7, 11) is 0. The minimum atomic E-state index is -0.957. The molecular formula is C15H30FN9O. The second kappa shape index (κ2) is 7.60. The Labute approximate surface area is 152 Å². The fourth-order valence-electron chi connectivity index (χ4n) is 4.47. The minimum absolute atomic E-state index is 0.0235. The van der Waals surface area contributed by atoms with Gasteiger partial charge >= 0.3 is 0 Å². The van der Waals surface area contributed by atoms with E-state index in [0.717, 1.165) is 19.6 Å². The molecule has 4 rings (SSSR count). The van der Waals surface area contributed by atoms with Crippen LogP contribution < -0.4 is 37.4 Å². The van der Waals surface area contributed by atoms with Crippen molar-refractivity contribution < 1.29 is 14.2 Å². The zero-order chi connectivity index (χ0) is 18.3. The van der Waals surface area contributed by atoms with E-state index in [-0.39, 0.29) is 43.4 Å². The molecule has 0 aromatic heterocycles. The molecule has 4 aliphatic rings. The van der Waals surface area contributed by atoms with Crippen LogP contribution >= 0.6 is 0 Å². The first-order valence-electron chi connectivity index (χ1n) is 9.50. The van der Waals surface area contributed by atoms with Gasteiger partial charge in [-0.15, -0.1) is 0 Å². The van der Waals surface area contributed by atoms with Crippen molar-refractivity contribution in [1.82, 2.24) is 31.7 Å². The molecular weight excluding hydrogens is 341 g/mol. The molecule has 148 valence electrons. The number of fused-ring (bicyclic) bond motifs is 1. The highest BCUT2D eigenvalue weighted by Gasteiger charge is 2.45. The number of halogens is 1. The van der Waals surface area contributed by atoms with Gasteiger partial charge in [-0.2, -0.15) is 0 Å². The molecule has 0 spiro atoms. The van der Waals surface area contributed by atoms with Crippen LogP contribution in [0.25, 0.3) is 5.43 Å². The number of amides is 1. The average molecular weight is 371 g/mol. The van der Waals surface area contributed by atoms with Crippen molar-refractivity contribution in [2.24, 2.45) is 11.7 Å². The molecule has 4 aliphatic heterocycles. The van der Waals surface area contributed by atoms with Gasteiger partial charge in [0, 0.05) is 19.1 Å². The number of nitrogens with one attached hydrogen (secondary N) is 6. The van der Waals surface area contributed by atoms with Crippen LogP contribution in [0.1, 0.15) is 13.3 Å². The SMILES string of the molecule is CC1NCN(C2CCNCC2NC(=O)C2C(N)[N-][NH+]3CC(F)CNC23)N1. The van der Waals surface area contributed by atoms with Gasteiger partial charge in [-0.1, -0.05) is 0 Å². The Bertz CT molecular complexity index is 525. The van der Waals surface area contributed by atoms with Gasteiger partial charge < -0.3 is 26.8 Å². The molecule has 8 unspecified atom stereocenters. The first-order chi connectivity index (χ1) is 12.5. The van der Waals surface area contributed by atoms with E-state index < -0.39 is 18.3 Å². The van der Waals surface area contributed by atoms with Crippen LogP contribution in [0.5, 0.6) is 0 Å². The van der Waals surface area contributed by atoms with E-state index in [1.807, 2.05) is 0 Å². The summed E-state index contributed by atoms with van der Waals surface area (Å²) >= 11 is 0. The predicted molar refractivity (Wildman–Crippen MR) is 93.0 cm³/mol. The lowest BCUT2D eigenvalue weighted by molar-refractivity contribution is -0.891. The molecule has 0 radical (unpaired) electrons. The van der Waals surface area contributed by atoms with Crippen molar-refractivity contribution >= 4 is 5.91 Å². The normalized spacial score (nSPS) is 46.9. The number of alkyl halides is 1. The van der Waals surface area contributed by atoms with E-state index in [1.165, 1.54) is 0 Å². The Morgan fingerprint density at radius 3 is 3.00 bits per heavy atom. The summed E-state index contributed by atoms with van der Waals surface area (Å²) in [6, 6.07) is 0.176. The molecule has 11 heteroatoms. The van der Waals surface area contributed by atoms with E-state index in [0.29, 0.717) is 11.6 Å². The maximum atomic E-state index is 13.6. The van der Waals surface area contributed by atoms with Gasteiger partial charge in [-0.3, -0.25) is 15.4 Å². The highest BCUT2D eigenvalue weighted by molar-refractivity contribution is 5.81. The van der Waals surface area contributed by atoms with Crippen molar-refractivity contribution in [1.29, 1.82) is 0 Å². The summed E-state index contributed by atoms with van der Waals surface area (Å²) < 4.78 is 13.6. The number of hydrazine groups is 1. The number of piperidine rings is 1. The lowest BCUT2D eigenvalue weighted by atomic mass is 9.97. The fraction of sp³-hybridized carbons (Fsp3) is 0.933. The number of rotatable bonds is 3. The second-order valence-corrected chi connectivity index (χ2v) is 7.68. The standard InChI is InChI=1S/C15H30FN9O/c1-8-20-7-25(22-8)11-2-3-18-5-10(11)21-15(26)12-13(17)23-24-6-9(16)4-19-14(12)24/h8-14,18-20,22,24H,2-7,17H2,1H3,(H,21,26). The van der Waals surface area contributed by atoms with Gasteiger partial charge in [-0.25, -0.2) is 14.8 Å². The first-order valence-corrected chi connectivity index (χ1v) is 9.50. The molecule has 0 aromatic carbocycles. The first kappa shape index (κ1) is 18.4. The number of nitrogens with zero attached hydrogens (tertiary/aromatic N) is 2. The number of hydrogen-bond donors (Lipinski definition) is 7. The fourth-order valence-corrected chi connectivity index (χ4v) is 4.47. The highest BCUT2D eigenvalue weighted by atomic mass is 19.1. The summed E-state index contributed by atoms with van der Waals surface area (Å²) in [6.07, 6.45) is -0.661. The third-order valence-electron chi connectivity index (χ3n) is 5.79. The molecule has 8 atom stereocenters. The largest absolute Gasteiger partial charge is 0.436 e. The van der Waals surface area contributed by atoms with Gasteiger partial charge in [-0.05, 0) is 26.1 Å². The summed E-state index contributed by atoms with van der Waals surface area (Å²) in [5, 5.41) is 15.8. The zero-order valence-corrected chi connectivity index (χ0v) is 15.0. The van der Waals surface area contributed by atoms with Gasteiger partial charge in [0.1, 0.15) is 18.6 Å².